The first kappa shape index (κ1) is 10.6. The highest BCUT2D eigenvalue weighted by atomic mass is 16.0. The predicted molar refractivity (Wildman–Crippen MR) is 37.9 cm³/mol. The minimum atomic E-state index is 0. The number of allylic oxidation sites excluding steroid dienone is 1. The van der Waals surface area contributed by atoms with Crippen LogP contribution in [0.25, 0.3) is 0 Å². The van der Waals surface area contributed by atoms with Gasteiger partial charge in [0.25, 0.3) is 0 Å². The van der Waals surface area contributed by atoms with E-state index >= 15 is 0 Å². The summed E-state index contributed by atoms with van der Waals surface area (Å²) in [6.07, 6.45) is 4.41. The topological polar surface area (TPSA) is 31.5 Å². The van der Waals surface area contributed by atoms with E-state index in [0.717, 1.165) is 12.3 Å². The number of hydrogen-bond donors (Lipinski definition) is 0. The summed E-state index contributed by atoms with van der Waals surface area (Å²) in [6, 6.07) is 0. The molecule has 0 aromatic carbocycles. The van der Waals surface area contributed by atoms with Crippen molar-refractivity contribution in [3.05, 3.63) is 12.7 Å². The van der Waals surface area contributed by atoms with Crippen LogP contribution in [0, 0.1) is 5.92 Å². The highest BCUT2D eigenvalue weighted by Crippen LogP contribution is 2.04. The molecule has 0 bridgehead atoms. The Hall–Kier alpha value is -0.300. The fourth-order valence-corrected chi connectivity index (χ4v) is 0.451. The smallest absolute Gasteiger partial charge is 0.0328 e. The van der Waals surface area contributed by atoms with Crippen molar-refractivity contribution >= 4 is 0 Å². The van der Waals surface area contributed by atoms with Crippen LogP contribution in [0.15, 0.2) is 12.7 Å². The van der Waals surface area contributed by atoms with E-state index in [1.807, 2.05) is 6.08 Å². The molecule has 0 fully saturated rings. The van der Waals surface area contributed by atoms with E-state index in [9.17, 15) is 0 Å². The van der Waals surface area contributed by atoms with Crippen LogP contribution in [0.1, 0.15) is 26.7 Å². The van der Waals surface area contributed by atoms with E-state index in [1.165, 1.54) is 6.42 Å². The maximum atomic E-state index is 3.65. The van der Waals surface area contributed by atoms with Crippen molar-refractivity contribution in [1.82, 2.24) is 0 Å². The Balaban J connectivity index is 0. The lowest BCUT2D eigenvalue weighted by Gasteiger charge is -2.00. The van der Waals surface area contributed by atoms with E-state index in [1.54, 1.807) is 0 Å². The van der Waals surface area contributed by atoms with Gasteiger partial charge in [-0.1, -0.05) is 26.3 Å². The Morgan fingerprint density at radius 3 is 2.25 bits per heavy atom. The molecule has 0 amide bonds. The van der Waals surface area contributed by atoms with Crippen molar-refractivity contribution in [1.29, 1.82) is 0 Å². The van der Waals surface area contributed by atoms with E-state index in [-0.39, 0.29) is 5.48 Å². The molecule has 1 heteroatoms. The molecule has 1 atom stereocenters. The summed E-state index contributed by atoms with van der Waals surface area (Å²) in [5.41, 5.74) is 0. The molecule has 0 heterocycles. The van der Waals surface area contributed by atoms with Crippen molar-refractivity contribution in [3.8, 4) is 0 Å². The molecule has 0 radical (unpaired) electrons. The zero-order chi connectivity index (χ0) is 5.70. The highest BCUT2D eigenvalue weighted by molar-refractivity contribution is 4.68. The normalized spacial score (nSPS) is 11.8. The van der Waals surface area contributed by atoms with Gasteiger partial charge in [-0.25, -0.2) is 0 Å². The van der Waals surface area contributed by atoms with Crippen molar-refractivity contribution in [2.75, 3.05) is 0 Å². The minimum absolute atomic E-state index is 0. The van der Waals surface area contributed by atoms with Crippen LogP contribution in [0.4, 0.5) is 0 Å². The molecule has 0 spiro atoms. The maximum Gasteiger partial charge on any atom is -0.0328 e. The molecule has 0 aromatic heterocycles. The second kappa shape index (κ2) is 6.70. The summed E-state index contributed by atoms with van der Waals surface area (Å²) in [6.45, 7) is 8.09. The Morgan fingerprint density at radius 2 is 2.12 bits per heavy atom. The molecule has 50 valence electrons. The van der Waals surface area contributed by atoms with Gasteiger partial charge in [0.15, 0.2) is 0 Å². The molecule has 0 rings (SSSR count). The van der Waals surface area contributed by atoms with E-state index < -0.39 is 0 Å². The average molecular weight is 116 g/mol. The summed E-state index contributed by atoms with van der Waals surface area (Å²) >= 11 is 0. The molecule has 1 nitrogen and oxygen atoms in total. The van der Waals surface area contributed by atoms with Crippen LogP contribution in [0.3, 0.4) is 0 Å². The molecular formula is C7H16O. The van der Waals surface area contributed by atoms with Gasteiger partial charge in [-0.05, 0) is 12.3 Å². The molecule has 8 heavy (non-hydrogen) atoms. The van der Waals surface area contributed by atoms with Crippen LogP contribution in [0.2, 0.25) is 0 Å². The van der Waals surface area contributed by atoms with Crippen LogP contribution in [-0.2, 0) is 0 Å². The Morgan fingerprint density at radius 1 is 1.62 bits per heavy atom. The van der Waals surface area contributed by atoms with Crippen LogP contribution in [0.5, 0.6) is 0 Å². The minimum Gasteiger partial charge on any atom is -0.412 e. The molecule has 0 saturated carbocycles. The first-order chi connectivity index (χ1) is 3.31. The summed E-state index contributed by atoms with van der Waals surface area (Å²) in [5.74, 6) is 0.831. The third-order valence-corrected chi connectivity index (χ3v) is 1.27. The standard InChI is InChI=1S/C7H14.H2O/c1-4-6-7(3)5-2;/h4,7H,1,5-6H2,2-3H3;1H2. The summed E-state index contributed by atoms with van der Waals surface area (Å²) in [7, 11) is 0. The number of rotatable bonds is 3. The summed E-state index contributed by atoms with van der Waals surface area (Å²) in [5, 5.41) is 0. The Kier molecular flexibility index (Phi) is 8.91. The quantitative estimate of drug-likeness (QED) is 0.503. The first-order valence-corrected chi connectivity index (χ1v) is 2.92. The van der Waals surface area contributed by atoms with Gasteiger partial charge in [0.1, 0.15) is 0 Å². The van der Waals surface area contributed by atoms with E-state index in [4.69, 9.17) is 0 Å². The second-order valence-electron chi connectivity index (χ2n) is 2.04. The van der Waals surface area contributed by atoms with Crippen LogP contribution >= 0.6 is 0 Å². The molecule has 0 aliphatic heterocycles. The van der Waals surface area contributed by atoms with Gasteiger partial charge >= 0.3 is 0 Å². The molecule has 0 aromatic rings. The van der Waals surface area contributed by atoms with Gasteiger partial charge in [-0.15, -0.1) is 6.58 Å². The van der Waals surface area contributed by atoms with Gasteiger partial charge in [-0.2, -0.15) is 0 Å². The predicted octanol–water partition coefficient (Wildman–Crippen LogP) is 1.78. The molecule has 0 aliphatic rings. The Bertz CT molecular complexity index is 50.3. The van der Waals surface area contributed by atoms with Crippen molar-refractivity contribution < 1.29 is 5.48 Å². The van der Waals surface area contributed by atoms with Crippen molar-refractivity contribution in [3.63, 3.8) is 0 Å². The Labute approximate surface area is 51.7 Å². The summed E-state index contributed by atoms with van der Waals surface area (Å²) in [4.78, 5) is 0. The molecule has 2 N–H and O–H groups in total. The molecule has 1 unspecified atom stereocenters. The van der Waals surface area contributed by atoms with Gasteiger partial charge in [-0.3, -0.25) is 0 Å². The van der Waals surface area contributed by atoms with Crippen molar-refractivity contribution in [2.45, 2.75) is 26.7 Å². The van der Waals surface area contributed by atoms with E-state index in [0.29, 0.717) is 0 Å². The fraction of sp³-hybridized carbons (Fsp3) is 0.714. The van der Waals surface area contributed by atoms with Crippen LogP contribution in [-0.4, -0.2) is 5.48 Å². The SMILES string of the molecule is C=CCC(C)CC.O. The summed E-state index contributed by atoms with van der Waals surface area (Å²) < 4.78 is 0. The maximum absolute atomic E-state index is 3.65. The van der Waals surface area contributed by atoms with E-state index in [2.05, 4.69) is 20.4 Å². The lowest BCUT2D eigenvalue weighted by Crippen LogP contribution is -1.86. The van der Waals surface area contributed by atoms with Gasteiger partial charge in [0.2, 0.25) is 0 Å². The molecular weight excluding hydrogens is 100 g/mol. The second-order valence-corrected chi connectivity index (χ2v) is 2.04. The lowest BCUT2D eigenvalue weighted by molar-refractivity contribution is 0.572. The van der Waals surface area contributed by atoms with Gasteiger partial charge in [0.05, 0.1) is 0 Å². The highest BCUT2D eigenvalue weighted by Gasteiger charge is 1.90. The average Bonchev–Trinajstić information content (AvgIpc) is 1.68. The fourth-order valence-electron chi connectivity index (χ4n) is 0.451. The third-order valence-electron chi connectivity index (χ3n) is 1.27. The number of hydrogen-bond acceptors (Lipinski definition) is 0. The van der Waals surface area contributed by atoms with Gasteiger partial charge in [0, 0.05) is 0 Å². The lowest BCUT2D eigenvalue weighted by atomic mass is 10.1. The zero-order valence-corrected chi connectivity index (χ0v) is 5.78. The molecule has 0 saturated heterocycles. The van der Waals surface area contributed by atoms with Crippen molar-refractivity contribution in [2.24, 2.45) is 5.92 Å². The van der Waals surface area contributed by atoms with Crippen LogP contribution < -0.4 is 0 Å². The molecule has 0 aliphatic carbocycles. The largest absolute Gasteiger partial charge is 0.412 e. The monoisotopic (exact) mass is 116 g/mol. The first-order valence-electron chi connectivity index (χ1n) is 2.92. The zero-order valence-electron chi connectivity index (χ0n) is 5.78. The van der Waals surface area contributed by atoms with Gasteiger partial charge < -0.3 is 5.48 Å². The third kappa shape index (κ3) is 5.70.